The van der Waals surface area contributed by atoms with Crippen molar-refractivity contribution in [1.82, 2.24) is 19.9 Å². The van der Waals surface area contributed by atoms with E-state index in [1.54, 1.807) is 6.20 Å². The summed E-state index contributed by atoms with van der Waals surface area (Å²) < 4.78 is 0. The smallest absolute Gasteiger partial charge is 0.443 e. The molecule has 0 fully saturated rings. The van der Waals surface area contributed by atoms with Gasteiger partial charge in [-0.1, -0.05) is 184 Å². The fourth-order valence-corrected chi connectivity index (χ4v) is 7.34. The van der Waals surface area contributed by atoms with Crippen molar-refractivity contribution in [2.45, 2.75) is 105 Å². The van der Waals surface area contributed by atoms with Crippen molar-refractivity contribution >= 4 is 22.5 Å². The van der Waals surface area contributed by atoms with Crippen LogP contribution >= 0.6 is 0 Å². The molecule has 0 radical (unpaired) electrons. The molecular weight excluding hydrogens is 774 g/mol. The maximum absolute atomic E-state index is 4.89. The fraction of sp³-hybridized carbons (Fsp3) is 0.308. The van der Waals surface area contributed by atoms with E-state index in [-0.39, 0.29) is 24.9 Å². The van der Waals surface area contributed by atoms with E-state index in [9.17, 15) is 0 Å². The Morgan fingerprint density at radius 3 is 1.58 bits per heavy atom. The minimum absolute atomic E-state index is 0. The molecule has 0 amide bonds. The summed E-state index contributed by atoms with van der Waals surface area (Å²) >= 11 is 0. The molecule has 0 aliphatic rings. The summed E-state index contributed by atoms with van der Waals surface area (Å²) in [6.07, 6.45) is 5.54. The molecule has 0 spiro atoms. The molecule has 0 N–H and O–H groups in total. The SMILES string of the molecule is CC(C)(C)c1cc[n-]c(=Nc2ccc3ccccc3n2)c1.CC(C)c1cccc(C(C)C)c1-c1ccnc(N=c2cc(-c3c(C(C)C)cccc3C(C)C)cc[n-]2)c1.[Zn+2]. The molecule has 298 valence electrons. The zero-order chi connectivity index (χ0) is 41.6. The number of fused-ring (bicyclic) bond motifs is 1. The third-order valence-electron chi connectivity index (χ3n) is 10.5. The van der Waals surface area contributed by atoms with Crippen molar-refractivity contribution < 1.29 is 19.5 Å². The van der Waals surface area contributed by atoms with E-state index in [2.05, 4.69) is 162 Å². The van der Waals surface area contributed by atoms with Gasteiger partial charge in [-0.05, 0) is 103 Å². The van der Waals surface area contributed by atoms with E-state index in [1.807, 2.05) is 60.9 Å². The third kappa shape index (κ3) is 11.1. The molecule has 59 heavy (non-hydrogen) atoms. The van der Waals surface area contributed by atoms with Gasteiger partial charge in [-0.2, -0.15) is 0 Å². The van der Waals surface area contributed by atoms with Crippen LogP contribution in [0.3, 0.4) is 0 Å². The average Bonchev–Trinajstić information content (AvgIpc) is 3.20. The zero-order valence-electron chi connectivity index (χ0n) is 36.8. The molecule has 0 saturated heterocycles. The third-order valence-corrected chi connectivity index (χ3v) is 10.5. The van der Waals surface area contributed by atoms with E-state index in [0.717, 1.165) is 22.0 Å². The molecular formula is C52H58N6Zn. The topological polar surface area (TPSA) is 78.7 Å². The van der Waals surface area contributed by atoms with Gasteiger partial charge in [0, 0.05) is 11.6 Å². The van der Waals surface area contributed by atoms with Gasteiger partial charge in [-0.3, -0.25) is 9.97 Å². The van der Waals surface area contributed by atoms with Gasteiger partial charge in [0.25, 0.3) is 0 Å². The van der Waals surface area contributed by atoms with Crippen molar-refractivity contribution in [3.05, 3.63) is 167 Å². The summed E-state index contributed by atoms with van der Waals surface area (Å²) in [6, 6.07) is 37.8. The van der Waals surface area contributed by atoms with Crippen LogP contribution in [-0.4, -0.2) is 9.97 Å². The zero-order valence-corrected chi connectivity index (χ0v) is 39.8. The Hall–Kier alpha value is -5.26. The standard InChI is InChI=1S/C34H40N3.C18H18N3.Zn/c1-21(2)27-11-9-12-28(22(3)4)33(27)25-15-17-35-31(19-25)37-32-20-26(16-18-36-32)34-29(23(5)6)13-10-14-30(34)24(7)8;1-18(2,3)14-10-11-19-17(12-14)21-16-9-8-13-6-4-5-7-15(13)20-16;/h9-24H,1-8H3;4-12H,1-3H3;/q2*-1;+2. The molecule has 0 bridgehead atoms. The largest absolute Gasteiger partial charge is 2.00 e. The second kappa shape index (κ2) is 19.7. The van der Waals surface area contributed by atoms with Gasteiger partial charge >= 0.3 is 19.5 Å². The van der Waals surface area contributed by atoms with E-state index >= 15 is 0 Å². The molecule has 0 aliphatic carbocycles. The van der Waals surface area contributed by atoms with Gasteiger partial charge in [0.05, 0.1) is 17.2 Å². The average molecular weight is 832 g/mol. The van der Waals surface area contributed by atoms with E-state index < -0.39 is 0 Å². The Kier molecular flexibility index (Phi) is 14.9. The van der Waals surface area contributed by atoms with Gasteiger partial charge in [0.2, 0.25) is 0 Å². The normalized spacial score (nSPS) is 12.3. The summed E-state index contributed by atoms with van der Waals surface area (Å²) in [5, 5.41) is 1.12. The van der Waals surface area contributed by atoms with Crippen LogP contribution in [0.4, 0.5) is 11.6 Å². The predicted molar refractivity (Wildman–Crippen MR) is 242 cm³/mol. The Morgan fingerprint density at radius 2 is 1.02 bits per heavy atom. The van der Waals surface area contributed by atoms with Crippen molar-refractivity contribution in [3.63, 3.8) is 0 Å². The van der Waals surface area contributed by atoms with E-state index in [4.69, 9.17) is 4.99 Å². The molecule has 0 saturated carbocycles. The number of hydrogen-bond acceptors (Lipinski definition) is 4. The van der Waals surface area contributed by atoms with Crippen molar-refractivity contribution in [2.24, 2.45) is 9.98 Å². The van der Waals surface area contributed by atoms with Crippen molar-refractivity contribution in [1.29, 1.82) is 0 Å². The van der Waals surface area contributed by atoms with Crippen LogP contribution < -0.4 is 20.9 Å². The Labute approximate surface area is 364 Å². The number of aromatic nitrogens is 4. The van der Waals surface area contributed by atoms with Gasteiger partial charge in [0.1, 0.15) is 0 Å². The van der Waals surface area contributed by atoms with Crippen LogP contribution in [0.25, 0.3) is 33.2 Å². The van der Waals surface area contributed by atoms with Crippen LogP contribution in [0, 0.1) is 0 Å². The Balaban J connectivity index is 0.000000254. The number of pyridine rings is 4. The van der Waals surface area contributed by atoms with Crippen molar-refractivity contribution in [3.8, 4) is 22.3 Å². The maximum atomic E-state index is 4.89. The predicted octanol–water partition coefficient (Wildman–Crippen LogP) is 12.8. The minimum Gasteiger partial charge on any atom is -0.443 e. The molecule has 0 atom stereocenters. The molecule has 6 nitrogen and oxygen atoms in total. The number of hydrogen-bond donors (Lipinski definition) is 0. The number of benzene rings is 3. The monoisotopic (exact) mass is 830 g/mol. The van der Waals surface area contributed by atoms with Crippen LogP contribution in [0.5, 0.6) is 0 Å². The first-order valence-corrected chi connectivity index (χ1v) is 20.6. The molecule has 4 aromatic heterocycles. The first-order valence-electron chi connectivity index (χ1n) is 20.6. The van der Waals surface area contributed by atoms with E-state index in [0.29, 0.717) is 46.3 Å². The number of para-hydroxylation sites is 1. The number of rotatable bonds is 8. The Morgan fingerprint density at radius 1 is 0.508 bits per heavy atom. The molecule has 0 unspecified atom stereocenters. The quantitative estimate of drug-likeness (QED) is 0.143. The number of nitrogens with zero attached hydrogens (tertiary/aromatic N) is 6. The molecule has 0 aliphatic heterocycles. The summed E-state index contributed by atoms with van der Waals surface area (Å²) in [5.74, 6) is 3.08. The van der Waals surface area contributed by atoms with Crippen molar-refractivity contribution in [2.75, 3.05) is 0 Å². The summed E-state index contributed by atoms with van der Waals surface area (Å²) in [6.45, 7) is 24.6. The minimum atomic E-state index is 0. The van der Waals surface area contributed by atoms with Crippen LogP contribution in [0.1, 0.15) is 128 Å². The summed E-state index contributed by atoms with van der Waals surface area (Å²) in [7, 11) is 0. The van der Waals surface area contributed by atoms with Gasteiger partial charge in [-0.15, -0.1) is 0 Å². The van der Waals surface area contributed by atoms with Crippen LogP contribution in [-0.2, 0) is 24.9 Å². The van der Waals surface area contributed by atoms with Gasteiger partial charge in [-0.25, -0.2) is 0 Å². The first kappa shape index (κ1) is 44.8. The second-order valence-electron chi connectivity index (χ2n) is 17.3. The molecule has 3 aromatic carbocycles. The Bertz CT molecular complexity index is 2590. The molecule has 7 aromatic rings. The van der Waals surface area contributed by atoms with Crippen LogP contribution in [0.2, 0.25) is 0 Å². The second-order valence-corrected chi connectivity index (χ2v) is 17.3. The fourth-order valence-electron chi connectivity index (χ4n) is 7.34. The van der Waals surface area contributed by atoms with Gasteiger partial charge in [0.15, 0.2) is 0 Å². The van der Waals surface area contributed by atoms with Gasteiger partial charge < -0.3 is 20.0 Å². The molecule has 7 rings (SSSR count). The summed E-state index contributed by atoms with van der Waals surface area (Å²) in [5.41, 5.74) is 14.0. The molecule has 7 heteroatoms. The van der Waals surface area contributed by atoms with E-state index in [1.165, 1.54) is 38.9 Å². The first-order chi connectivity index (χ1) is 27.7. The molecule has 4 heterocycles. The maximum Gasteiger partial charge on any atom is 2.00 e. The van der Waals surface area contributed by atoms with Crippen LogP contribution in [0.15, 0.2) is 138 Å². The summed E-state index contributed by atoms with van der Waals surface area (Å²) in [4.78, 5) is 27.5.